The standard InChI is InChI=1S/C29H24FN3O2/c1-19-12-15-27-32-29(21-13-14-23(30)20(2)16-21)25(33(27)18-19)17-28(34)31-24-10-6-7-11-26(24)35-22-8-4-3-5-9-22/h3-16,18H,17H2,1-2H3,(H,31,34). The van der Waals surface area contributed by atoms with Crippen LogP contribution < -0.4 is 10.1 Å². The molecule has 0 spiro atoms. The lowest BCUT2D eigenvalue weighted by Gasteiger charge is -2.13. The Labute approximate surface area is 202 Å². The summed E-state index contributed by atoms with van der Waals surface area (Å²) in [5.74, 6) is 0.746. The molecule has 2 aromatic heterocycles. The fourth-order valence-electron chi connectivity index (χ4n) is 4.01. The van der Waals surface area contributed by atoms with Crippen molar-refractivity contribution in [1.82, 2.24) is 9.38 Å². The number of pyridine rings is 1. The van der Waals surface area contributed by atoms with Gasteiger partial charge in [0.1, 0.15) is 17.2 Å². The maximum absolute atomic E-state index is 13.9. The summed E-state index contributed by atoms with van der Waals surface area (Å²) in [4.78, 5) is 18.0. The summed E-state index contributed by atoms with van der Waals surface area (Å²) in [6, 6.07) is 25.5. The first-order valence-electron chi connectivity index (χ1n) is 11.3. The van der Waals surface area contributed by atoms with Gasteiger partial charge in [0.05, 0.1) is 23.5 Å². The molecule has 35 heavy (non-hydrogen) atoms. The number of nitrogens with zero attached hydrogens (tertiary/aromatic N) is 2. The van der Waals surface area contributed by atoms with Gasteiger partial charge in [0, 0.05) is 11.8 Å². The molecule has 5 aromatic rings. The zero-order chi connectivity index (χ0) is 24.4. The van der Waals surface area contributed by atoms with E-state index in [9.17, 15) is 9.18 Å². The van der Waals surface area contributed by atoms with Crippen molar-refractivity contribution in [3.8, 4) is 22.8 Å². The predicted octanol–water partition coefficient (Wildman–Crippen LogP) is 6.73. The van der Waals surface area contributed by atoms with Gasteiger partial charge in [0.2, 0.25) is 5.91 Å². The second-order valence-electron chi connectivity index (χ2n) is 8.44. The Morgan fingerprint density at radius 1 is 0.971 bits per heavy atom. The highest BCUT2D eigenvalue weighted by atomic mass is 19.1. The van der Waals surface area contributed by atoms with Crippen molar-refractivity contribution < 1.29 is 13.9 Å². The normalized spacial score (nSPS) is 10.9. The third-order valence-electron chi connectivity index (χ3n) is 5.76. The highest BCUT2D eigenvalue weighted by Crippen LogP contribution is 2.30. The number of anilines is 1. The highest BCUT2D eigenvalue weighted by Gasteiger charge is 2.19. The average molecular weight is 466 g/mol. The molecule has 0 fully saturated rings. The van der Waals surface area contributed by atoms with Gasteiger partial charge in [-0.15, -0.1) is 0 Å². The number of halogens is 1. The Hall–Kier alpha value is -4.45. The van der Waals surface area contributed by atoms with Crippen molar-refractivity contribution in [2.24, 2.45) is 0 Å². The van der Waals surface area contributed by atoms with Gasteiger partial charge in [-0.3, -0.25) is 4.79 Å². The molecule has 0 bridgehead atoms. The summed E-state index contributed by atoms with van der Waals surface area (Å²) in [5.41, 5.74) is 5.02. The van der Waals surface area contributed by atoms with E-state index in [2.05, 4.69) is 5.32 Å². The summed E-state index contributed by atoms with van der Waals surface area (Å²) in [5, 5.41) is 2.98. The molecule has 5 rings (SSSR count). The van der Waals surface area contributed by atoms with Crippen molar-refractivity contribution in [3.63, 3.8) is 0 Å². The molecule has 0 radical (unpaired) electrons. The van der Waals surface area contributed by atoms with Gasteiger partial charge >= 0.3 is 0 Å². The molecule has 0 unspecified atom stereocenters. The highest BCUT2D eigenvalue weighted by molar-refractivity contribution is 5.94. The number of imidazole rings is 1. The fourth-order valence-corrected chi connectivity index (χ4v) is 4.01. The minimum atomic E-state index is -0.275. The molecule has 6 heteroatoms. The summed E-state index contributed by atoms with van der Waals surface area (Å²) >= 11 is 0. The number of rotatable bonds is 6. The Bertz CT molecular complexity index is 1530. The van der Waals surface area contributed by atoms with E-state index >= 15 is 0 Å². The van der Waals surface area contributed by atoms with Crippen LogP contribution in [0.3, 0.4) is 0 Å². The van der Waals surface area contributed by atoms with Gasteiger partial charge in [-0.1, -0.05) is 36.4 Å². The van der Waals surface area contributed by atoms with Crippen LogP contribution in [0.1, 0.15) is 16.8 Å². The van der Waals surface area contributed by atoms with Crippen LogP contribution in [0.5, 0.6) is 11.5 Å². The molecule has 174 valence electrons. The molecule has 0 aliphatic carbocycles. The quantitative estimate of drug-likeness (QED) is 0.302. The zero-order valence-electron chi connectivity index (χ0n) is 19.5. The van der Waals surface area contributed by atoms with Crippen molar-refractivity contribution in [1.29, 1.82) is 0 Å². The Kier molecular flexibility index (Phi) is 6.02. The van der Waals surface area contributed by atoms with Crippen LogP contribution in [0.2, 0.25) is 0 Å². The number of hydrogen-bond acceptors (Lipinski definition) is 3. The maximum Gasteiger partial charge on any atom is 0.230 e. The van der Waals surface area contributed by atoms with Crippen LogP contribution in [0, 0.1) is 19.7 Å². The average Bonchev–Trinajstić information content (AvgIpc) is 3.20. The molecule has 0 atom stereocenters. The van der Waals surface area contributed by atoms with E-state index in [0.717, 1.165) is 22.5 Å². The number of fused-ring (bicyclic) bond motifs is 1. The molecular formula is C29H24FN3O2. The first-order valence-corrected chi connectivity index (χ1v) is 11.3. The van der Waals surface area contributed by atoms with Crippen LogP contribution in [-0.2, 0) is 11.2 Å². The van der Waals surface area contributed by atoms with Crippen molar-refractivity contribution in [2.75, 3.05) is 5.32 Å². The molecule has 1 N–H and O–H groups in total. The maximum atomic E-state index is 13.9. The minimum Gasteiger partial charge on any atom is -0.455 e. The number of amides is 1. The van der Waals surface area contributed by atoms with Crippen molar-refractivity contribution in [3.05, 3.63) is 114 Å². The second-order valence-corrected chi connectivity index (χ2v) is 8.44. The lowest BCUT2D eigenvalue weighted by atomic mass is 10.1. The fraction of sp³-hybridized carbons (Fsp3) is 0.103. The van der Waals surface area contributed by atoms with Crippen LogP contribution in [0.15, 0.2) is 91.1 Å². The monoisotopic (exact) mass is 465 g/mol. The number of ether oxygens (including phenoxy) is 1. The lowest BCUT2D eigenvalue weighted by molar-refractivity contribution is -0.115. The molecule has 0 aliphatic rings. The van der Waals surface area contributed by atoms with Gasteiger partial charge in [-0.25, -0.2) is 9.37 Å². The number of nitrogens with one attached hydrogen (secondary N) is 1. The zero-order valence-corrected chi connectivity index (χ0v) is 19.5. The topological polar surface area (TPSA) is 55.6 Å². The number of aromatic nitrogens is 2. The van der Waals surface area contributed by atoms with E-state index < -0.39 is 0 Å². The van der Waals surface area contributed by atoms with E-state index in [1.165, 1.54) is 6.07 Å². The van der Waals surface area contributed by atoms with Gasteiger partial charge in [0.15, 0.2) is 5.75 Å². The largest absolute Gasteiger partial charge is 0.455 e. The lowest BCUT2D eigenvalue weighted by Crippen LogP contribution is -2.16. The van der Waals surface area contributed by atoms with Gasteiger partial charge in [-0.05, 0) is 73.5 Å². The smallest absolute Gasteiger partial charge is 0.230 e. The Morgan fingerprint density at radius 2 is 1.74 bits per heavy atom. The minimum absolute atomic E-state index is 0.0794. The van der Waals surface area contributed by atoms with Crippen molar-refractivity contribution in [2.45, 2.75) is 20.3 Å². The van der Waals surface area contributed by atoms with Gasteiger partial charge in [0.25, 0.3) is 0 Å². The molecule has 0 aliphatic heterocycles. The first kappa shape index (κ1) is 22.3. The van der Waals surface area contributed by atoms with E-state index in [1.54, 1.807) is 25.1 Å². The Morgan fingerprint density at radius 3 is 2.54 bits per heavy atom. The van der Waals surface area contributed by atoms with E-state index in [1.807, 2.05) is 78.2 Å². The molecule has 0 saturated heterocycles. The molecule has 0 saturated carbocycles. The summed E-state index contributed by atoms with van der Waals surface area (Å²) in [6.07, 6.45) is 2.04. The predicted molar refractivity (Wildman–Crippen MR) is 135 cm³/mol. The summed E-state index contributed by atoms with van der Waals surface area (Å²) in [7, 11) is 0. The van der Waals surface area contributed by atoms with E-state index in [0.29, 0.717) is 28.4 Å². The Balaban J connectivity index is 1.47. The van der Waals surface area contributed by atoms with Crippen LogP contribution >= 0.6 is 0 Å². The molecule has 3 aromatic carbocycles. The first-order chi connectivity index (χ1) is 17.0. The summed E-state index contributed by atoms with van der Waals surface area (Å²) < 4.78 is 21.8. The van der Waals surface area contributed by atoms with E-state index in [-0.39, 0.29) is 18.1 Å². The van der Waals surface area contributed by atoms with E-state index in [4.69, 9.17) is 9.72 Å². The third kappa shape index (κ3) is 4.77. The van der Waals surface area contributed by atoms with Gasteiger partial charge in [-0.2, -0.15) is 0 Å². The van der Waals surface area contributed by atoms with Crippen molar-refractivity contribution >= 4 is 17.2 Å². The molecule has 1 amide bonds. The third-order valence-corrected chi connectivity index (χ3v) is 5.76. The number of carbonyl (C=O) groups is 1. The number of para-hydroxylation sites is 3. The second kappa shape index (κ2) is 9.43. The molecule has 2 heterocycles. The number of aryl methyl sites for hydroxylation is 2. The molecular weight excluding hydrogens is 441 g/mol. The SMILES string of the molecule is Cc1ccc2nc(-c3ccc(F)c(C)c3)c(CC(=O)Nc3ccccc3Oc3ccccc3)n2c1. The number of carbonyl (C=O) groups excluding carboxylic acids is 1. The van der Waals surface area contributed by atoms with Gasteiger partial charge < -0.3 is 14.5 Å². The number of hydrogen-bond donors (Lipinski definition) is 1. The molecule has 5 nitrogen and oxygen atoms in total. The summed E-state index contributed by atoms with van der Waals surface area (Å²) in [6.45, 7) is 3.71. The van der Waals surface area contributed by atoms with Crippen LogP contribution in [0.25, 0.3) is 16.9 Å². The van der Waals surface area contributed by atoms with Crippen LogP contribution in [0.4, 0.5) is 10.1 Å². The number of benzene rings is 3. The van der Waals surface area contributed by atoms with Crippen LogP contribution in [-0.4, -0.2) is 15.3 Å².